The van der Waals surface area contributed by atoms with Gasteiger partial charge in [0.1, 0.15) is 0 Å². The zero-order chi connectivity index (χ0) is 16.5. The average molecular weight is 353 g/mol. The number of thioether (sulfide) groups is 1. The fraction of sp³-hybridized carbons (Fsp3) is 0.857. The fourth-order valence-corrected chi connectivity index (χ4v) is 2.35. The van der Waals surface area contributed by atoms with E-state index in [1.165, 1.54) is 0 Å². The number of carbonyl (C=O) groups excluding carboxylic acids is 2. The molecule has 0 aliphatic rings. The number of thiol groups is 2. The lowest BCUT2D eigenvalue weighted by atomic mass is 10.2. The number of rotatable bonds is 10. The van der Waals surface area contributed by atoms with E-state index in [1.807, 2.05) is 11.8 Å². The van der Waals surface area contributed by atoms with E-state index in [0.29, 0.717) is 13.1 Å². The third-order valence-electron chi connectivity index (χ3n) is 2.61. The Hall–Kier alpha value is -0.0100. The van der Waals surface area contributed by atoms with Crippen LogP contribution < -0.4 is 10.6 Å². The third-order valence-corrected chi connectivity index (χ3v) is 4.17. The summed E-state index contributed by atoms with van der Waals surface area (Å²) in [6.07, 6.45) is 1.88. The molecule has 0 unspecified atom stereocenters. The molecule has 0 saturated carbocycles. The van der Waals surface area contributed by atoms with Crippen molar-refractivity contribution in [1.82, 2.24) is 10.6 Å². The van der Waals surface area contributed by atoms with Crippen LogP contribution in [0.15, 0.2) is 0 Å². The van der Waals surface area contributed by atoms with Crippen molar-refractivity contribution in [2.45, 2.75) is 50.0 Å². The van der Waals surface area contributed by atoms with E-state index < -0.39 is 9.49 Å². The van der Waals surface area contributed by atoms with Gasteiger partial charge in [-0.25, -0.2) is 0 Å². The summed E-state index contributed by atoms with van der Waals surface area (Å²) in [7, 11) is 0. The Morgan fingerprint density at radius 2 is 1.19 bits per heavy atom. The molecule has 124 valence electrons. The molecule has 4 nitrogen and oxygen atoms in total. The lowest BCUT2D eigenvalue weighted by Gasteiger charge is -2.17. The minimum atomic E-state index is -0.619. The van der Waals surface area contributed by atoms with Crippen molar-refractivity contribution in [3.05, 3.63) is 0 Å². The summed E-state index contributed by atoms with van der Waals surface area (Å²) in [6.45, 7) is 8.48. The second-order valence-electron chi connectivity index (χ2n) is 5.95. The Morgan fingerprint density at radius 3 is 1.48 bits per heavy atom. The monoisotopic (exact) mass is 352 g/mol. The van der Waals surface area contributed by atoms with Crippen LogP contribution in [0.2, 0.25) is 0 Å². The summed E-state index contributed by atoms with van der Waals surface area (Å²) in [4.78, 5) is 23.1. The second kappa shape index (κ2) is 9.90. The van der Waals surface area contributed by atoms with Crippen molar-refractivity contribution in [3.63, 3.8) is 0 Å². The quantitative estimate of drug-likeness (QED) is 0.360. The second-order valence-corrected chi connectivity index (χ2v) is 9.41. The van der Waals surface area contributed by atoms with Crippen LogP contribution in [0.1, 0.15) is 40.5 Å². The summed E-state index contributed by atoms with van der Waals surface area (Å²) in [5, 5.41) is 5.72. The van der Waals surface area contributed by atoms with Crippen LogP contribution in [0, 0.1) is 0 Å². The molecule has 0 bridgehead atoms. The lowest BCUT2D eigenvalue weighted by molar-refractivity contribution is -0.123. The van der Waals surface area contributed by atoms with E-state index >= 15 is 0 Å². The number of carbonyl (C=O) groups is 2. The highest BCUT2D eigenvalue weighted by Gasteiger charge is 2.22. The Kier molecular flexibility index (Phi) is 9.89. The predicted molar refractivity (Wildman–Crippen MR) is 98.7 cm³/mol. The largest absolute Gasteiger partial charge is 0.355 e. The fourth-order valence-electron chi connectivity index (χ4n) is 1.29. The molecule has 0 aliphatic heterocycles. The molecule has 7 heteroatoms. The Balaban J connectivity index is 3.42. The first-order valence-electron chi connectivity index (χ1n) is 7.14. The zero-order valence-electron chi connectivity index (χ0n) is 13.4. The van der Waals surface area contributed by atoms with Gasteiger partial charge >= 0.3 is 0 Å². The van der Waals surface area contributed by atoms with E-state index in [2.05, 4.69) is 35.9 Å². The average Bonchev–Trinajstić information content (AvgIpc) is 2.33. The molecular weight excluding hydrogens is 324 g/mol. The van der Waals surface area contributed by atoms with Gasteiger partial charge in [-0.3, -0.25) is 9.59 Å². The van der Waals surface area contributed by atoms with Crippen LogP contribution in [0.25, 0.3) is 0 Å². The number of hydrogen-bond donors (Lipinski definition) is 4. The van der Waals surface area contributed by atoms with E-state index in [4.69, 9.17) is 0 Å². The maximum absolute atomic E-state index is 11.5. The van der Waals surface area contributed by atoms with Gasteiger partial charge in [-0.05, 0) is 52.0 Å². The molecule has 0 atom stereocenters. The molecule has 0 saturated heterocycles. The summed E-state index contributed by atoms with van der Waals surface area (Å²) in [5.41, 5.74) is 0. The smallest absolute Gasteiger partial charge is 0.235 e. The van der Waals surface area contributed by atoms with Gasteiger partial charge in [0.25, 0.3) is 0 Å². The van der Waals surface area contributed by atoms with Crippen molar-refractivity contribution in [3.8, 4) is 0 Å². The van der Waals surface area contributed by atoms with E-state index in [1.54, 1.807) is 27.7 Å². The van der Waals surface area contributed by atoms with Crippen LogP contribution in [0.5, 0.6) is 0 Å². The van der Waals surface area contributed by atoms with Crippen molar-refractivity contribution in [2.75, 3.05) is 24.6 Å². The highest BCUT2D eigenvalue weighted by atomic mass is 32.2. The van der Waals surface area contributed by atoms with Gasteiger partial charge in [0, 0.05) is 13.1 Å². The summed E-state index contributed by atoms with van der Waals surface area (Å²) >= 11 is 10.3. The molecule has 0 aromatic carbocycles. The van der Waals surface area contributed by atoms with Crippen LogP contribution >= 0.6 is 37.0 Å². The van der Waals surface area contributed by atoms with E-state index in [9.17, 15) is 9.59 Å². The van der Waals surface area contributed by atoms with Gasteiger partial charge in [0.05, 0.1) is 9.49 Å². The van der Waals surface area contributed by atoms with Gasteiger partial charge < -0.3 is 10.6 Å². The molecule has 0 rings (SSSR count). The maximum atomic E-state index is 11.5. The molecule has 0 aromatic rings. The van der Waals surface area contributed by atoms with Crippen LogP contribution in [0.3, 0.4) is 0 Å². The highest BCUT2D eigenvalue weighted by molar-refractivity contribution is 7.99. The van der Waals surface area contributed by atoms with E-state index in [0.717, 1.165) is 24.3 Å². The normalized spacial score (nSPS) is 12.1. The molecule has 2 amide bonds. The maximum Gasteiger partial charge on any atom is 0.235 e. The Morgan fingerprint density at radius 1 is 0.857 bits per heavy atom. The molecule has 0 fully saturated rings. The first-order valence-corrected chi connectivity index (χ1v) is 9.19. The molecule has 21 heavy (non-hydrogen) atoms. The zero-order valence-corrected chi connectivity index (χ0v) is 16.0. The van der Waals surface area contributed by atoms with E-state index in [-0.39, 0.29) is 11.8 Å². The van der Waals surface area contributed by atoms with Crippen molar-refractivity contribution >= 4 is 48.8 Å². The van der Waals surface area contributed by atoms with Crippen LogP contribution in [0.4, 0.5) is 0 Å². The SMILES string of the molecule is CC(C)(S)C(=O)NCCCSCCCNC(=O)C(C)(C)S. The van der Waals surface area contributed by atoms with Crippen molar-refractivity contribution in [2.24, 2.45) is 0 Å². The Bertz CT molecular complexity index is 304. The molecular formula is C14H28N2O2S3. The molecule has 2 N–H and O–H groups in total. The third kappa shape index (κ3) is 11.2. The summed E-state index contributed by atoms with van der Waals surface area (Å²) in [5.74, 6) is 1.93. The number of hydrogen-bond acceptors (Lipinski definition) is 5. The molecule has 0 aliphatic carbocycles. The van der Waals surface area contributed by atoms with Gasteiger partial charge in [0.2, 0.25) is 11.8 Å². The standard InChI is InChI=1S/C14H28N2O2S3/c1-13(2,19)11(17)15-7-5-9-21-10-6-8-16-12(18)14(3,4)20/h19-20H,5-10H2,1-4H3,(H,15,17)(H,16,18). The Labute approximate surface area is 143 Å². The van der Waals surface area contributed by atoms with Crippen molar-refractivity contribution in [1.29, 1.82) is 0 Å². The topological polar surface area (TPSA) is 58.2 Å². The molecule has 0 spiro atoms. The molecule has 0 heterocycles. The first-order chi connectivity index (χ1) is 9.55. The minimum absolute atomic E-state index is 0.0343. The summed E-state index contributed by atoms with van der Waals surface area (Å²) in [6, 6.07) is 0. The molecule has 0 radical (unpaired) electrons. The van der Waals surface area contributed by atoms with Gasteiger partial charge in [-0.15, -0.1) is 0 Å². The minimum Gasteiger partial charge on any atom is -0.355 e. The number of amides is 2. The first kappa shape index (κ1) is 21.0. The highest BCUT2D eigenvalue weighted by Crippen LogP contribution is 2.12. The van der Waals surface area contributed by atoms with Crippen molar-refractivity contribution < 1.29 is 9.59 Å². The van der Waals surface area contributed by atoms with Gasteiger partial charge in [-0.1, -0.05) is 0 Å². The van der Waals surface area contributed by atoms with Gasteiger partial charge in [0.15, 0.2) is 0 Å². The van der Waals surface area contributed by atoms with Crippen LogP contribution in [-0.4, -0.2) is 45.9 Å². The van der Waals surface area contributed by atoms with Crippen LogP contribution in [-0.2, 0) is 9.59 Å². The number of nitrogens with one attached hydrogen (secondary N) is 2. The predicted octanol–water partition coefficient (Wildman–Crippen LogP) is 2.15. The molecule has 0 aromatic heterocycles. The van der Waals surface area contributed by atoms with Gasteiger partial charge in [-0.2, -0.15) is 37.0 Å². The summed E-state index contributed by atoms with van der Waals surface area (Å²) < 4.78 is -1.24. The lowest BCUT2D eigenvalue weighted by Crippen LogP contribution is -2.38.